The van der Waals surface area contributed by atoms with Crippen LogP contribution in [0.1, 0.15) is 24.7 Å². The molecule has 0 aliphatic heterocycles. The molecular weight excluding hydrogens is 334 g/mol. The van der Waals surface area contributed by atoms with Crippen LogP contribution in [0, 0.1) is 0 Å². The Bertz CT molecular complexity index is 671. The van der Waals surface area contributed by atoms with E-state index in [9.17, 15) is 5.11 Å². The standard InChI is InChI=1S/C19H27N3O4/c1-3-20-19(21-10-6-11-25-14-16-8-5-12-26-16)22-13-15-7-4-9-17(24-2)18(15)23/h4-5,7-9,12,23H,3,6,10-11,13-14H2,1-2H3,(H2,20,21,22). The van der Waals surface area contributed by atoms with Gasteiger partial charge in [0, 0.05) is 25.3 Å². The number of para-hydroxylation sites is 1. The van der Waals surface area contributed by atoms with Crippen molar-refractivity contribution < 1.29 is 19.0 Å². The van der Waals surface area contributed by atoms with Gasteiger partial charge in [0.25, 0.3) is 0 Å². The van der Waals surface area contributed by atoms with Gasteiger partial charge in [-0.15, -0.1) is 0 Å². The van der Waals surface area contributed by atoms with Crippen molar-refractivity contribution in [3.63, 3.8) is 0 Å². The van der Waals surface area contributed by atoms with Crippen LogP contribution in [0.4, 0.5) is 0 Å². The van der Waals surface area contributed by atoms with E-state index >= 15 is 0 Å². The molecule has 1 aromatic carbocycles. The van der Waals surface area contributed by atoms with E-state index in [0.717, 1.165) is 25.3 Å². The molecule has 142 valence electrons. The summed E-state index contributed by atoms with van der Waals surface area (Å²) in [5, 5.41) is 16.6. The molecule has 2 rings (SSSR count). The molecule has 0 saturated carbocycles. The number of aliphatic imine (C=N–C) groups is 1. The molecule has 0 bridgehead atoms. The summed E-state index contributed by atoms with van der Waals surface area (Å²) in [6, 6.07) is 9.12. The molecule has 3 N–H and O–H groups in total. The molecule has 1 aromatic heterocycles. The zero-order valence-electron chi connectivity index (χ0n) is 15.3. The lowest BCUT2D eigenvalue weighted by Crippen LogP contribution is -2.38. The molecule has 1 heterocycles. The number of ether oxygens (including phenoxy) is 2. The predicted octanol–water partition coefficient (Wildman–Crippen LogP) is 2.66. The zero-order chi connectivity index (χ0) is 18.6. The number of rotatable bonds is 10. The molecule has 0 unspecified atom stereocenters. The molecule has 0 spiro atoms. The fraction of sp³-hybridized carbons (Fsp3) is 0.421. The van der Waals surface area contributed by atoms with Crippen molar-refractivity contribution in [1.29, 1.82) is 0 Å². The number of nitrogens with zero attached hydrogens (tertiary/aromatic N) is 1. The average Bonchev–Trinajstić information content (AvgIpc) is 3.17. The van der Waals surface area contributed by atoms with Gasteiger partial charge in [-0.25, -0.2) is 4.99 Å². The van der Waals surface area contributed by atoms with Gasteiger partial charge >= 0.3 is 0 Å². The highest BCUT2D eigenvalue weighted by atomic mass is 16.5. The summed E-state index contributed by atoms with van der Waals surface area (Å²) in [6.07, 6.45) is 2.48. The van der Waals surface area contributed by atoms with E-state index in [1.54, 1.807) is 12.3 Å². The second-order valence-corrected chi connectivity index (χ2v) is 5.58. The first-order valence-corrected chi connectivity index (χ1v) is 8.71. The number of methoxy groups -OCH3 is 1. The van der Waals surface area contributed by atoms with E-state index in [2.05, 4.69) is 15.6 Å². The second-order valence-electron chi connectivity index (χ2n) is 5.58. The van der Waals surface area contributed by atoms with Crippen LogP contribution < -0.4 is 15.4 Å². The SMILES string of the molecule is CCNC(=NCc1cccc(OC)c1O)NCCCOCc1ccco1. The summed E-state index contributed by atoms with van der Waals surface area (Å²) < 4.78 is 15.9. The smallest absolute Gasteiger partial charge is 0.191 e. The summed E-state index contributed by atoms with van der Waals surface area (Å²) >= 11 is 0. The van der Waals surface area contributed by atoms with Crippen LogP contribution in [0.2, 0.25) is 0 Å². The summed E-state index contributed by atoms with van der Waals surface area (Å²) in [7, 11) is 1.53. The number of nitrogens with one attached hydrogen (secondary N) is 2. The molecule has 0 amide bonds. The number of aromatic hydroxyl groups is 1. The molecule has 0 saturated heterocycles. The largest absolute Gasteiger partial charge is 0.504 e. The van der Waals surface area contributed by atoms with Gasteiger partial charge in [0.05, 0.1) is 19.9 Å². The quantitative estimate of drug-likeness (QED) is 0.343. The molecule has 2 aromatic rings. The molecule has 0 radical (unpaired) electrons. The van der Waals surface area contributed by atoms with Crippen LogP contribution in [0.25, 0.3) is 0 Å². The maximum atomic E-state index is 10.1. The second kappa shape index (κ2) is 11.0. The summed E-state index contributed by atoms with van der Waals surface area (Å²) in [4.78, 5) is 4.50. The number of phenols is 1. The lowest BCUT2D eigenvalue weighted by molar-refractivity contribution is 0.105. The molecule has 0 aliphatic rings. The Balaban J connectivity index is 1.75. The number of phenolic OH excluding ortho intramolecular Hbond substituents is 1. The molecule has 7 nitrogen and oxygen atoms in total. The lowest BCUT2D eigenvalue weighted by Gasteiger charge is -2.12. The Morgan fingerprint density at radius 2 is 2.12 bits per heavy atom. The monoisotopic (exact) mass is 361 g/mol. The van der Waals surface area contributed by atoms with E-state index in [1.807, 2.05) is 31.2 Å². The minimum atomic E-state index is 0.126. The Kier molecular flexibility index (Phi) is 8.35. The van der Waals surface area contributed by atoms with Crippen LogP contribution in [0.15, 0.2) is 46.0 Å². The van der Waals surface area contributed by atoms with Gasteiger partial charge in [-0.1, -0.05) is 12.1 Å². The van der Waals surface area contributed by atoms with Crippen LogP contribution in [-0.4, -0.2) is 37.9 Å². The van der Waals surface area contributed by atoms with Crippen molar-refractivity contribution in [3.05, 3.63) is 47.9 Å². The minimum absolute atomic E-state index is 0.126. The first kappa shape index (κ1) is 19.7. The Morgan fingerprint density at radius 1 is 1.23 bits per heavy atom. The maximum absolute atomic E-state index is 10.1. The van der Waals surface area contributed by atoms with Crippen molar-refractivity contribution in [2.45, 2.75) is 26.5 Å². The number of furan rings is 1. The Labute approximate surface area is 154 Å². The fourth-order valence-electron chi connectivity index (χ4n) is 2.31. The van der Waals surface area contributed by atoms with E-state index in [1.165, 1.54) is 7.11 Å². The Hall–Kier alpha value is -2.67. The van der Waals surface area contributed by atoms with Crippen LogP contribution >= 0.6 is 0 Å². The van der Waals surface area contributed by atoms with Gasteiger partial charge in [-0.2, -0.15) is 0 Å². The molecule has 0 aliphatic carbocycles. The first-order valence-electron chi connectivity index (χ1n) is 8.71. The predicted molar refractivity (Wildman–Crippen MR) is 100 cm³/mol. The Morgan fingerprint density at radius 3 is 2.85 bits per heavy atom. The summed E-state index contributed by atoms with van der Waals surface area (Å²) in [5.41, 5.74) is 0.711. The van der Waals surface area contributed by atoms with E-state index < -0.39 is 0 Å². The highest BCUT2D eigenvalue weighted by Gasteiger charge is 2.07. The van der Waals surface area contributed by atoms with Gasteiger partial charge < -0.3 is 29.6 Å². The van der Waals surface area contributed by atoms with Crippen molar-refractivity contribution in [3.8, 4) is 11.5 Å². The van der Waals surface area contributed by atoms with Gasteiger partial charge in [0.15, 0.2) is 17.5 Å². The van der Waals surface area contributed by atoms with E-state index in [4.69, 9.17) is 13.9 Å². The number of hydrogen-bond acceptors (Lipinski definition) is 5. The third kappa shape index (κ3) is 6.33. The normalized spacial score (nSPS) is 11.4. The highest BCUT2D eigenvalue weighted by Crippen LogP contribution is 2.29. The molecule has 0 atom stereocenters. The topological polar surface area (TPSA) is 88.3 Å². The van der Waals surface area contributed by atoms with Crippen LogP contribution in [0.5, 0.6) is 11.5 Å². The minimum Gasteiger partial charge on any atom is -0.504 e. The van der Waals surface area contributed by atoms with Crippen molar-refractivity contribution in [2.24, 2.45) is 4.99 Å². The van der Waals surface area contributed by atoms with E-state index in [0.29, 0.717) is 37.0 Å². The van der Waals surface area contributed by atoms with Crippen molar-refractivity contribution >= 4 is 5.96 Å². The van der Waals surface area contributed by atoms with Crippen molar-refractivity contribution in [2.75, 3.05) is 26.8 Å². The number of guanidine groups is 1. The fourth-order valence-corrected chi connectivity index (χ4v) is 2.31. The molecule has 0 fully saturated rings. The maximum Gasteiger partial charge on any atom is 0.191 e. The van der Waals surface area contributed by atoms with Gasteiger partial charge in [0.2, 0.25) is 0 Å². The zero-order valence-corrected chi connectivity index (χ0v) is 15.3. The summed E-state index contributed by atoms with van der Waals surface area (Å²) in [6.45, 7) is 4.96. The van der Waals surface area contributed by atoms with Gasteiger partial charge in [-0.05, 0) is 31.5 Å². The average molecular weight is 361 g/mol. The third-order valence-electron chi connectivity index (χ3n) is 3.64. The highest BCUT2D eigenvalue weighted by molar-refractivity contribution is 5.79. The van der Waals surface area contributed by atoms with Crippen molar-refractivity contribution in [1.82, 2.24) is 10.6 Å². The van der Waals surface area contributed by atoms with Crippen LogP contribution in [-0.2, 0) is 17.9 Å². The van der Waals surface area contributed by atoms with E-state index in [-0.39, 0.29) is 5.75 Å². The van der Waals surface area contributed by atoms with Gasteiger partial charge in [0.1, 0.15) is 12.4 Å². The molecule has 7 heteroatoms. The summed E-state index contributed by atoms with van der Waals surface area (Å²) in [5.74, 6) is 2.09. The first-order chi connectivity index (χ1) is 12.7. The van der Waals surface area contributed by atoms with Gasteiger partial charge in [-0.3, -0.25) is 0 Å². The number of hydrogen-bond donors (Lipinski definition) is 3. The number of benzene rings is 1. The molecule has 26 heavy (non-hydrogen) atoms. The lowest BCUT2D eigenvalue weighted by atomic mass is 10.2. The third-order valence-corrected chi connectivity index (χ3v) is 3.64. The molecular formula is C19H27N3O4. The van der Waals surface area contributed by atoms with Crippen LogP contribution in [0.3, 0.4) is 0 Å².